The molecule has 2 aliphatic heterocycles. The summed E-state index contributed by atoms with van der Waals surface area (Å²) < 4.78 is 32.0. The Morgan fingerprint density at radius 1 is 0.763 bits per heavy atom. The van der Waals surface area contributed by atoms with Crippen molar-refractivity contribution in [1.82, 2.24) is 24.6 Å². The highest BCUT2D eigenvalue weighted by Crippen LogP contribution is 2.32. The lowest BCUT2D eigenvalue weighted by Crippen LogP contribution is -2.39. The molecule has 0 atom stereocenters. The molecule has 6 N–H and O–H groups in total. The molecule has 9 nitrogen and oxygen atoms in total. The molecule has 2 aliphatic rings. The molecule has 2 aromatic carbocycles. The molecule has 0 saturated carbocycles. The number of guanidine groups is 2. The van der Waals surface area contributed by atoms with Gasteiger partial charge in [0.05, 0.1) is 11.1 Å². The highest BCUT2D eigenvalue weighted by Gasteiger charge is 2.21. The SMILES string of the molecule is Cn1c(-c2ccc(C3=CCN(C(=N)N)CC3)cc2F)nnc1-c1ccc(C2=CCN(C(=N)N)CC2)cc1F. The fourth-order valence-electron chi connectivity index (χ4n) is 4.89. The molecule has 0 unspecified atom stereocenters. The van der Waals surface area contributed by atoms with Crippen molar-refractivity contribution in [3.63, 3.8) is 0 Å². The van der Waals surface area contributed by atoms with E-state index in [1.54, 1.807) is 33.5 Å². The number of halogens is 2. The molecule has 0 bridgehead atoms. The standard InChI is InChI=1S/C27H29F2N9/c1-36-24(20-4-2-18(14-22(20)28)16-6-10-37(11-7-16)26(30)31)34-35-25(36)21-5-3-19(15-23(21)29)17-8-12-38(13-9-17)27(32)33/h2-6,8,14-15H,7,9-13H2,1H3,(H3,30,31)(H3,32,33). The van der Waals surface area contributed by atoms with Crippen molar-refractivity contribution >= 4 is 23.1 Å². The van der Waals surface area contributed by atoms with Gasteiger partial charge in [0.25, 0.3) is 0 Å². The van der Waals surface area contributed by atoms with Crippen molar-refractivity contribution in [2.75, 3.05) is 26.2 Å². The van der Waals surface area contributed by atoms with Gasteiger partial charge in [0.15, 0.2) is 23.6 Å². The van der Waals surface area contributed by atoms with Crippen molar-refractivity contribution in [3.05, 3.63) is 71.3 Å². The topological polar surface area (TPSA) is 137 Å². The smallest absolute Gasteiger partial charge is 0.188 e. The summed E-state index contributed by atoms with van der Waals surface area (Å²) in [5, 5.41) is 23.4. The first-order valence-corrected chi connectivity index (χ1v) is 12.3. The quantitative estimate of drug-likeness (QED) is 0.309. The third-order valence-corrected chi connectivity index (χ3v) is 7.14. The predicted octanol–water partition coefficient (Wildman–Crippen LogP) is 3.39. The summed E-state index contributed by atoms with van der Waals surface area (Å²) in [5.74, 6) is -0.242. The number of nitrogens with one attached hydrogen (secondary N) is 2. The molecule has 0 radical (unpaired) electrons. The van der Waals surface area contributed by atoms with Crippen LogP contribution >= 0.6 is 0 Å². The number of hydrogen-bond donors (Lipinski definition) is 4. The molecular formula is C27H29F2N9. The van der Waals surface area contributed by atoms with Crippen molar-refractivity contribution in [2.24, 2.45) is 18.5 Å². The lowest BCUT2D eigenvalue weighted by atomic mass is 9.97. The third kappa shape index (κ3) is 4.74. The van der Waals surface area contributed by atoms with Gasteiger partial charge in [-0.1, -0.05) is 24.3 Å². The van der Waals surface area contributed by atoms with E-state index < -0.39 is 11.6 Å². The zero-order valence-corrected chi connectivity index (χ0v) is 21.0. The van der Waals surface area contributed by atoms with E-state index in [0.29, 0.717) is 50.7 Å². The molecule has 0 amide bonds. The summed E-state index contributed by atoms with van der Waals surface area (Å²) in [6, 6.07) is 9.94. The molecule has 0 aliphatic carbocycles. The first-order chi connectivity index (χ1) is 18.2. The van der Waals surface area contributed by atoms with Gasteiger partial charge in [-0.2, -0.15) is 0 Å². The number of nitrogens with zero attached hydrogens (tertiary/aromatic N) is 5. The largest absolute Gasteiger partial charge is 0.370 e. The van der Waals surface area contributed by atoms with Crippen LogP contribution in [-0.2, 0) is 7.05 Å². The Kier molecular flexibility index (Phi) is 6.66. The summed E-state index contributed by atoms with van der Waals surface area (Å²) in [6.07, 6.45) is 5.23. The number of nitrogens with two attached hydrogens (primary N) is 2. The van der Waals surface area contributed by atoms with Gasteiger partial charge in [0.1, 0.15) is 11.6 Å². The maximum atomic E-state index is 15.2. The highest BCUT2D eigenvalue weighted by atomic mass is 19.1. The summed E-state index contributed by atoms with van der Waals surface area (Å²) in [5.41, 5.74) is 15.2. The number of aromatic nitrogens is 3. The number of benzene rings is 2. The molecule has 0 spiro atoms. The minimum atomic E-state index is -0.445. The molecule has 3 aromatic rings. The van der Waals surface area contributed by atoms with E-state index in [1.165, 1.54) is 12.1 Å². The van der Waals surface area contributed by atoms with Crippen LogP contribution in [0.2, 0.25) is 0 Å². The van der Waals surface area contributed by atoms with E-state index in [1.807, 2.05) is 24.3 Å². The zero-order chi connectivity index (χ0) is 27.0. The van der Waals surface area contributed by atoms with Crippen molar-refractivity contribution in [2.45, 2.75) is 12.8 Å². The van der Waals surface area contributed by atoms with Gasteiger partial charge >= 0.3 is 0 Å². The fraction of sp³-hybridized carbons (Fsp3) is 0.259. The third-order valence-electron chi connectivity index (χ3n) is 7.14. The molecule has 0 saturated heterocycles. The van der Waals surface area contributed by atoms with Crippen molar-refractivity contribution in [3.8, 4) is 22.8 Å². The van der Waals surface area contributed by atoms with Crippen LogP contribution in [0.5, 0.6) is 0 Å². The van der Waals surface area contributed by atoms with E-state index in [2.05, 4.69) is 10.2 Å². The van der Waals surface area contributed by atoms with Gasteiger partial charge in [-0.25, -0.2) is 8.78 Å². The Hall–Kier alpha value is -4.54. The lowest BCUT2D eigenvalue weighted by molar-refractivity contribution is 0.451. The second-order valence-corrected chi connectivity index (χ2v) is 9.42. The normalized spacial score (nSPS) is 15.8. The number of hydrogen-bond acceptors (Lipinski definition) is 4. The molecule has 38 heavy (non-hydrogen) atoms. The van der Waals surface area contributed by atoms with E-state index in [0.717, 1.165) is 22.3 Å². The summed E-state index contributed by atoms with van der Waals surface area (Å²) in [4.78, 5) is 3.49. The Morgan fingerprint density at radius 3 is 1.50 bits per heavy atom. The molecule has 3 heterocycles. The first-order valence-electron chi connectivity index (χ1n) is 12.3. The second kappa shape index (κ2) is 10.1. The van der Waals surface area contributed by atoms with Gasteiger partial charge in [-0.05, 0) is 59.4 Å². The average molecular weight is 518 g/mol. The first kappa shape index (κ1) is 25.1. The van der Waals surface area contributed by atoms with Gasteiger partial charge < -0.3 is 25.8 Å². The zero-order valence-electron chi connectivity index (χ0n) is 21.0. The van der Waals surface area contributed by atoms with Crippen LogP contribution in [0.4, 0.5) is 8.78 Å². The summed E-state index contributed by atoms with van der Waals surface area (Å²) >= 11 is 0. The Bertz CT molecular complexity index is 1380. The average Bonchev–Trinajstić information content (AvgIpc) is 3.29. The van der Waals surface area contributed by atoms with Crippen molar-refractivity contribution < 1.29 is 8.78 Å². The monoisotopic (exact) mass is 517 g/mol. The molecular weight excluding hydrogens is 488 g/mol. The van der Waals surface area contributed by atoms with E-state index >= 15 is 8.78 Å². The van der Waals surface area contributed by atoms with Crippen LogP contribution in [0, 0.1) is 22.5 Å². The van der Waals surface area contributed by atoms with Crippen LogP contribution in [0.3, 0.4) is 0 Å². The summed E-state index contributed by atoms with van der Waals surface area (Å²) in [7, 11) is 1.69. The minimum Gasteiger partial charge on any atom is -0.370 e. The van der Waals surface area contributed by atoms with E-state index in [4.69, 9.17) is 22.3 Å². The lowest BCUT2D eigenvalue weighted by Gasteiger charge is -2.26. The van der Waals surface area contributed by atoms with Gasteiger partial charge in [-0.3, -0.25) is 10.8 Å². The molecule has 5 rings (SSSR count). The fourth-order valence-corrected chi connectivity index (χ4v) is 4.89. The predicted molar refractivity (Wildman–Crippen MR) is 144 cm³/mol. The molecule has 1 aromatic heterocycles. The summed E-state index contributed by atoms with van der Waals surface area (Å²) in [6.45, 7) is 2.24. The maximum Gasteiger partial charge on any atom is 0.188 e. The Balaban J connectivity index is 1.38. The van der Waals surface area contributed by atoms with Crippen LogP contribution in [-0.4, -0.2) is 62.7 Å². The maximum absolute atomic E-state index is 15.2. The van der Waals surface area contributed by atoms with Crippen LogP contribution < -0.4 is 11.5 Å². The number of rotatable bonds is 4. The highest BCUT2D eigenvalue weighted by molar-refractivity contribution is 5.78. The van der Waals surface area contributed by atoms with Crippen LogP contribution in [0.15, 0.2) is 48.6 Å². The molecule has 11 heteroatoms. The second-order valence-electron chi connectivity index (χ2n) is 9.42. The molecule has 0 fully saturated rings. The van der Waals surface area contributed by atoms with Crippen molar-refractivity contribution in [1.29, 1.82) is 10.8 Å². The minimum absolute atomic E-state index is 0.0260. The van der Waals surface area contributed by atoms with Crippen LogP contribution in [0.1, 0.15) is 24.0 Å². The van der Waals surface area contributed by atoms with E-state index in [9.17, 15) is 0 Å². The van der Waals surface area contributed by atoms with E-state index in [-0.39, 0.29) is 23.0 Å². The Morgan fingerprint density at radius 2 is 1.18 bits per heavy atom. The molecule has 196 valence electrons. The van der Waals surface area contributed by atoms with Gasteiger partial charge in [0, 0.05) is 33.2 Å². The van der Waals surface area contributed by atoms with Gasteiger partial charge in [-0.15, -0.1) is 10.2 Å². The van der Waals surface area contributed by atoms with Gasteiger partial charge in [0.2, 0.25) is 0 Å². The Labute approximate surface area is 219 Å². The van der Waals surface area contributed by atoms with Crippen LogP contribution in [0.25, 0.3) is 33.9 Å².